The minimum atomic E-state index is -1.28. The molecule has 1 aliphatic rings. The first-order valence-corrected chi connectivity index (χ1v) is 7.12. The van der Waals surface area contributed by atoms with Crippen LogP contribution in [0.4, 0.5) is 5.69 Å². The van der Waals surface area contributed by atoms with E-state index in [4.69, 9.17) is 21.4 Å². The van der Waals surface area contributed by atoms with Gasteiger partial charge >= 0.3 is 5.97 Å². The average Bonchev–Trinajstić information content (AvgIpc) is 2.50. The highest BCUT2D eigenvalue weighted by Crippen LogP contribution is 2.37. The molecule has 1 amide bonds. The van der Waals surface area contributed by atoms with E-state index in [0.29, 0.717) is 22.6 Å². The number of rotatable bonds is 2. The summed E-state index contributed by atoms with van der Waals surface area (Å²) < 4.78 is 5.47. The summed E-state index contributed by atoms with van der Waals surface area (Å²) in [5, 5.41) is 21.5. The van der Waals surface area contributed by atoms with E-state index in [0.717, 1.165) is 0 Å². The highest BCUT2D eigenvalue weighted by atomic mass is 35.5. The Morgan fingerprint density at radius 3 is 2.70 bits per heavy atom. The molecule has 0 bridgehead atoms. The van der Waals surface area contributed by atoms with E-state index in [2.05, 4.69) is 5.32 Å². The van der Waals surface area contributed by atoms with E-state index in [1.807, 2.05) is 0 Å². The van der Waals surface area contributed by atoms with Gasteiger partial charge in [0.25, 0.3) is 5.91 Å². The summed E-state index contributed by atoms with van der Waals surface area (Å²) in [5.41, 5.74) is 1.33. The SMILES string of the molecule is CC1Oc2ccc(-c3cc(Cl)c(O)c(C(=O)O)c3)cc2NC1=O. The number of ether oxygens (including phenoxy) is 1. The van der Waals surface area contributed by atoms with Crippen molar-refractivity contribution >= 4 is 29.2 Å². The van der Waals surface area contributed by atoms with Crippen LogP contribution >= 0.6 is 11.6 Å². The summed E-state index contributed by atoms with van der Waals surface area (Å²) >= 11 is 5.89. The molecule has 0 fully saturated rings. The van der Waals surface area contributed by atoms with Gasteiger partial charge in [-0.15, -0.1) is 0 Å². The summed E-state index contributed by atoms with van der Waals surface area (Å²) in [5.74, 6) is -1.49. The number of fused-ring (bicyclic) bond motifs is 1. The predicted molar refractivity (Wildman–Crippen MR) is 84.2 cm³/mol. The van der Waals surface area contributed by atoms with Gasteiger partial charge in [0.2, 0.25) is 0 Å². The molecule has 0 saturated heterocycles. The second-order valence-corrected chi connectivity index (χ2v) is 5.53. The zero-order valence-corrected chi connectivity index (χ0v) is 12.7. The molecule has 1 aliphatic heterocycles. The number of halogens is 1. The smallest absolute Gasteiger partial charge is 0.339 e. The third kappa shape index (κ3) is 2.68. The maximum Gasteiger partial charge on any atom is 0.339 e. The quantitative estimate of drug-likeness (QED) is 0.784. The lowest BCUT2D eigenvalue weighted by molar-refractivity contribution is -0.122. The first-order valence-electron chi connectivity index (χ1n) is 6.74. The maximum absolute atomic E-state index is 11.7. The van der Waals surface area contributed by atoms with E-state index in [1.165, 1.54) is 12.1 Å². The van der Waals surface area contributed by atoms with Gasteiger partial charge < -0.3 is 20.3 Å². The van der Waals surface area contributed by atoms with Gasteiger partial charge in [0.1, 0.15) is 17.1 Å². The Bertz CT molecular complexity index is 833. The second-order valence-electron chi connectivity index (χ2n) is 5.12. The molecule has 118 valence electrons. The summed E-state index contributed by atoms with van der Waals surface area (Å²) in [6.45, 7) is 1.64. The number of carbonyl (C=O) groups excluding carboxylic acids is 1. The summed E-state index contributed by atoms with van der Waals surface area (Å²) in [7, 11) is 0. The van der Waals surface area contributed by atoms with Crippen LogP contribution in [0, 0.1) is 0 Å². The first kappa shape index (κ1) is 15.2. The number of amides is 1. The fourth-order valence-corrected chi connectivity index (χ4v) is 2.54. The van der Waals surface area contributed by atoms with Gasteiger partial charge in [-0.1, -0.05) is 17.7 Å². The number of benzene rings is 2. The van der Waals surface area contributed by atoms with Gasteiger partial charge in [0.15, 0.2) is 6.10 Å². The summed E-state index contributed by atoms with van der Waals surface area (Å²) in [4.78, 5) is 22.9. The van der Waals surface area contributed by atoms with Crippen LogP contribution in [0.5, 0.6) is 11.5 Å². The standard InChI is InChI=1S/C16H12ClNO5/c1-7-15(20)18-12-6-8(2-3-13(12)23-7)9-4-10(16(21)22)14(19)11(17)5-9/h2-7,19H,1H3,(H,18,20)(H,21,22). The topological polar surface area (TPSA) is 95.9 Å². The van der Waals surface area contributed by atoms with Gasteiger partial charge in [-0.25, -0.2) is 4.79 Å². The highest BCUT2D eigenvalue weighted by molar-refractivity contribution is 6.33. The molecule has 3 rings (SSSR count). The monoisotopic (exact) mass is 333 g/mol. The molecule has 1 atom stereocenters. The van der Waals surface area contributed by atoms with Crippen molar-refractivity contribution in [1.82, 2.24) is 0 Å². The zero-order valence-electron chi connectivity index (χ0n) is 12.0. The molecule has 1 unspecified atom stereocenters. The number of nitrogens with one attached hydrogen (secondary N) is 1. The number of phenols is 1. The third-order valence-electron chi connectivity index (χ3n) is 3.54. The Balaban J connectivity index is 2.08. The van der Waals surface area contributed by atoms with Crippen LogP contribution in [0.1, 0.15) is 17.3 Å². The molecule has 0 radical (unpaired) electrons. The van der Waals surface area contributed by atoms with Crippen molar-refractivity contribution in [2.24, 2.45) is 0 Å². The van der Waals surface area contributed by atoms with E-state index in [9.17, 15) is 14.7 Å². The van der Waals surface area contributed by atoms with Crippen molar-refractivity contribution in [2.75, 3.05) is 5.32 Å². The van der Waals surface area contributed by atoms with Gasteiger partial charge in [-0.3, -0.25) is 4.79 Å². The van der Waals surface area contributed by atoms with Gasteiger partial charge in [-0.05, 0) is 42.3 Å². The number of hydrogen-bond donors (Lipinski definition) is 3. The Kier molecular flexibility index (Phi) is 3.61. The Morgan fingerprint density at radius 2 is 2.00 bits per heavy atom. The highest BCUT2D eigenvalue weighted by Gasteiger charge is 2.24. The number of hydrogen-bond acceptors (Lipinski definition) is 4. The number of carboxylic acids is 1. The molecule has 2 aromatic carbocycles. The molecule has 0 saturated carbocycles. The third-order valence-corrected chi connectivity index (χ3v) is 3.83. The Labute approximate surface area is 136 Å². The van der Waals surface area contributed by atoms with Crippen molar-refractivity contribution in [1.29, 1.82) is 0 Å². The normalized spacial score (nSPS) is 16.3. The molecule has 3 N–H and O–H groups in total. The Morgan fingerprint density at radius 1 is 1.26 bits per heavy atom. The van der Waals surface area contributed by atoms with Crippen LogP contribution in [0.2, 0.25) is 5.02 Å². The number of aromatic hydroxyl groups is 1. The first-order chi connectivity index (χ1) is 10.9. The molecule has 6 nitrogen and oxygen atoms in total. The molecule has 0 spiro atoms. The van der Waals surface area contributed by atoms with E-state index in [-0.39, 0.29) is 16.5 Å². The van der Waals surface area contributed by atoms with Gasteiger partial charge in [0, 0.05) is 0 Å². The number of aromatic carboxylic acids is 1. The fourth-order valence-electron chi connectivity index (χ4n) is 2.32. The molecule has 7 heteroatoms. The van der Waals surface area contributed by atoms with Crippen LogP contribution in [0.3, 0.4) is 0 Å². The molecule has 1 heterocycles. The lowest BCUT2D eigenvalue weighted by Crippen LogP contribution is -2.34. The van der Waals surface area contributed by atoms with Crippen molar-refractivity contribution < 1.29 is 24.5 Å². The zero-order chi connectivity index (χ0) is 16.7. The van der Waals surface area contributed by atoms with Crippen LogP contribution < -0.4 is 10.1 Å². The molecule has 0 aliphatic carbocycles. The lowest BCUT2D eigenvalue weighted by Gasteiger charge is -2.23. The van der Waals surface area contributed by atoms with Gasteiger partial charge in [-0.2, -0.15) is 0 Å². The van der Waals surface area contributed by atoms with Gasteiger partial charge in [0.05, 0.1) is 10.7 Å². The Hall–Kier alpha value is -2.73. The second kappa shape index (κ2) is 5.48. The number of carbonyl (C=O) groups is 2. The summed E-state index contributed by atoms with van der Waals surface area (Å²) in [6, 6.07) is 7.84. The van der Waals surface area contributed by atoms with Crippen molar-refractivity contribution in [3.8, 4) is 22.6 Å². The van der Waals surface area contributed by atoms with E-state index < -0.39 is 17.8 Å². The van der Waals surface area contributed by atoms with Crippen LogP contribution in [0.15, 0.2) is 30.3 Å². The number of anilines is 1. The largest absolute Gasteiger partial charge is 0.505 e. The number of carboxylic acid groups (broad SMARTS) is 1. The summed E-state index contributed by atoms with van der Waals surface area (Å²) in [6.07, 6.45) is -0.574. The average molecular weight is 334 g/mol. The van der Waals surface area contributed by atoms with Crippen molar-refractivity contribution in [3.63, 3.8) is 0 Å². The maximum atomic E-state index is 11.7. The van der Waals surface area contributed by atoms with Crippen LogP contribution in [0.25, 0.3) is 11.1 Å². The van der Waals surface area contributed by atoms with E-state index >= 15 is 0 Å². The molecular weight excluding hydrogens is 322 g/mol. The fraction of sp³-hybridized carbons (Fsp3) is 0.125. The van der Waals surface area contributed by atoms with Crippen molar-refractivity contribution in [3.05, 3.63) is 40.9 Å². The van der Waals surface area contributed by atoms with Crippen molar-refractivity contribution in [2.45, 2.75) is 13.0 Å². The minimum absolute atomic E-state index is 0.0634. The van der Waals surface area contributed by atoms with E-state index in [1.54, 1.807) is 25.1 Å². The lowest BCUT2D eigenvalue weighted by atomic mass is 10.0. The predicted octanol–water partition coefficient (Wildman–Crippen LogP) is 3.13. The minimum Gasteiger partial charge on any atom is -0.505 e. The molecule has 2 aromatic rings. The van der Waals surface area contributed by atoms with Crippen LogP contribution in [-0.4, -0.2) is 28.2 Å². The van der Waals surface area contributed by atoms with Crippen LogP contribution in [-0.2, 0) is 4.79 Å². The molecular formula is C16H12ClNO5. The molecule has 23 heavy (non-hydrogen) atoms. The molecule has 0 aromatic heterocycles.